The molecule has 0 saturated carbocycles. The van der Waals surface area contributed by atoms with Gasteiger partial charge in [0.05, 0.1) is 6.54 Å². The molecular formula is C14H17N3O2S. The molecule has 0 aliphatic rings. The number of aryl methyl sites for hydroxylation is 2. The Balaban J connectivity index is 2.14. The van der Waals surface area contributed by atoms with Crippen LogP contribution in [0.15, 0.2) is 17.5 Å². The summed E-state index contributed by atoms with van der Waals surface area (Å²) in [6, 6.07) is 1.98. The molecule has 0 aromatic carbocycles. The topological polar surface area (TPSA) is 68.0 Å². The van der Waals surface area contributed by atoms with Crippen LogP contribution in [0.5, 0.6) is 0 Å². The third-order valence-corrected chi connectivity index (χ3v) is 3.76. The molecule has 0 atom stereocenters. The van der Waals surface area contributed by atoms with Gasteiger partial charge in [-0.1, -0.05) is 13.8 Å². The SMILES string of the molecule is CCc1nc(CC)n(Cc2cc(C=CC(=O)O)cs2)n1. The highest BCUT2D eigenvalue weighted by molar-refractivity contribution is 7.10. The van der Waals surface area contributed by atoms with E-state index < -0.39 is 5.97 Å². The van der Waals surface area contributed by atoms with Gasteiger partial charge in [-0.2, -0.15) is 5.10 Å². The molecular weight excluding hydrogens is 274 g/mol. The van der Waals surface area contributed by atoms with Crippen molar-refractivity contribution in [2.75, 3.05) is 0 Å². The van der Waals surface area contributed by atoms with Crippen molar-refractivity contribution >= 4 is 23.4 Å². The summed E-state index contributed by atoms with van der Waals surface area (Å²) in [6.07, 6.45) is 4.43. The summed E-state index contributed by atoms with van der Waals surface area (Å²) in [7, 11) is 0. The van der Waals surface area contributed by atoms with E-state index in [9.17, 15) is 4.79 Å². The maximum Gasteiger partial charge on any atom is 0.328 e. The predicted octanol–water partition coefficient (Wildman–Crippen LogP) is 2.61. The zero-order valence-electron chi connectivity index (χ0n) is 11.5. The van der Waals surface area contributed by atoms with Crippen LogP contribution in [-0.2, 0) is 24.2 Å². The number of thiophene rings is 1. The Kier molecular flexibility index (Phi) is 4.68. The molecule has 2 heterocycles. The summed E-state index contributed by atoms with van der Waals surface area (Å²) in [5.41, 5.74) is 0.904. The molecule has 0 radical (unpaired) electrons. The summed E-state index contributed by atoms with van der Waals surface area (Å²) >= 11 is 1.60. The van der Waals surface area contributed by atoms with Crippen LogP contribution < -0.4 is 0 Å². The van der Waals surface area contributed by atoms with Crippen LogP contribution in [0.1, 0.15) is 35.9 Å². The van der Waals surface area contributed by atoms with Crippen LogP contribution in [0.25, 0.3) is 6.08 Å². The molecule has 0 spiro atoms. The van der Waals surface area contributed by atoms with Crippen LogP contribution >= 0.6 is 11.3 Å². The average molecular weight is 291 g/mol. The number of carboxylic acids is 1. The largest absolute Gasteiger partial charge is 0.478 e. The highest BCUT2D eigenvalue weighted by Crippen LogP contribution is 2.18. The maximum absolute atomic E-state index is 10.5. The fourth-order valence-corrected chi connectivity index (χ4v) is 2.68. The van der Waals surface area contributed by atoms with Gasteiger partial charge in [-0.05, 0) is 23.1 Å². The standard InChI is InChI=1S/C14H17N3O2S/c1-3-12-15-13(4-2)17(16-12)8-11-7-10(9-20-11)5-6-14(18)19/h5-7,9H,3-4,8H2,1-2H3,(H,18,19). The molecule has 2 rings (SSSR count). The van der Waals surface area contributed by atoms with E-state index in [-0.39, 0.29) is 0 Å². The lowest BCUT2D eigenvalue weighted by Crippen LogP contribution is -2.05. The number of aromatic nitrogens is 3. The van der Waals surface area contributed by atoms with Gasteiger partial charge >= 0.3 is 5.97 Å². The van der Waals surface area contributed by atoms with E-state index in [1.54, 1.807) is 17.4 Å². The second-order valence-corrected chi connectivity index (χ2v) is 5.32. The van der Waals surface area contributed by atoms with Crippen molar-refractivity contribution in [2.24, 2.45) is 0 Å². The minimum Gasteiger partial charge on any atom is -0.478 e. The van der Waals surface area contributed by atoms with Crippen LogP contribution in [0.4, 0.5) is 0 Å². The first kappa shape index (κ1) is 14.5. The first-order valence-electron chi connectivity index (χ1n) is 6.53. The second kappa shape index (κ2) is 6.47. The Bertz CT molecular complexity index is 628. The summed E-state index contributed by atoms with van der Waals surface area (Å²) in [5.74, 6) is 0.914. The van der Waals surface area contributed by atoms with Crippen LogP contribution in [0.2, 0.25) is 0 Å². The highest BCUT2D eigenvalue weighted by atomic mass is 32.1. The van der Waals surface area contributed by atoms with Gasteiger partial charge in [0.15, 0.2) is 5.82 Å². The Morgan fingerprint density at radius 1 is 1.45 bits per heavy atom. The Morgan fingerprint density at radius 3 is 2.90 bits per heavy atom. The van der Waals surface area contributed by atoms with E-state index in [0.29, 0.717) is 6.54 Å². The van der Waals surface area contributed by atoms with E-state index in [0.717, 1.165) is 41.0 Å². The molecule has 0 fully saturated rings. The molecule has 6 heteroatoms. The van der Waals surface area contributed by atoms with Crippen LogP contribution in [0.3, 0.4) is 0 Å². The van der Waals surface area contributed by atoms with Crippen molar-refractivity contribution in [1.29, 1.82) is 0 Å². The van der Waals surface area contributed by atoms with E-state index >= 15 is 0 Å². The minimum absolute atomic E-state index is 0.682. The number of nitrogens with zero attached hydrogens (tertiary/aromatic N) is 3. The lowest BCUT2D eigenvalue weighted by atomic mass is 10.3. The van der Waals surface area contributed by atoms with Crippen molar-refractivity contribution in [1.82, 2.24) is 14.8 Å². The fraction of sp³-hybridized carbons (Fsp3) is 0.357. The van der Waals surface area contributed by atoms with Gasteiger partial charge in [-0.3, -0.25) is 0 Å². The first-order valence-corrected chi connectivity index (χ1v) is 7.41. The van der Waals surface area contributed by atoms with Gasteiger partial charge < -0.3 is 5.11 Å². The first-order chi connectivity index (χ1) is 9.62. The Morgan fingerprint density at radius 2 is 2.25 bits per heavy atom. The second-order valence-electron chi connectivity index (χ2n) is 4.33. The smallest absolute Gasteiger partial charge is 0.328 e. The van der Waals surface area contributed by atoms with E-state index in [1.807, 2.05) is 23.1 Å². The number of hydrogen-bond donors (Lipinski definition) is 1. The molecule has 0 bridgehead atoms. The molecule has 1 N–H and O–H groups in total. The summed E-state index contributed by atoms with van der Waals surface area (Å²) in [4.78, 5) is 16.1. The molecule has 0 aliphatic heterocycles. The van der Waals surface area contributed by atoms with Gasteiger partial charge in [0.1, 0.15) is 5.82 Å². The molecule has 106 valence electrons. The maximum atomic E-state index is 10.5. The Labute approximate surface area is 121 Å². The van der Waals surface area contributed by atoms with Crippen molar-refractivity contribution in [3.8, 4) is 0 Å². The van der Waals surface area contributed by atoms with Crippen molar-refractivity contribution in [3.63, 3.8) is 0 Å². The number of rotatable bonds is 6. The normalized spacial score (nSPS) is 11.3. The monoisotopic (exact) mass is 291 g/mol. The zero-order chi connectivity index (χ0) is 14.5. The van der Waals surface area contributed by atoms with Crippen molar-refractivity contribution in [2.45, 2.75) is 33.2 Å². The molecule has 0 saturated heterocycles. The van der Waals surface area contributed by atoms with Crippen LogP contribution in [0, 0.1) is 0 Å². The van der Waals surface area contributed by atoms with Gasteiger partial charge in [0.2, 0.25) is 0 Å². The van der Waals surface area contributed by atoms with Gasteiger partial charge in [-0.25, -0.2) is 14.5 Å². The number of carboxylic acid groups (broad SMARTS) is 1. The minimum atomic E-state index is -0.935. The summed E-state index contributed by atoms with van der Waals surface area (Å²) in [5, 5.41) is 15.0. The van der Waals surface area contributed by atoms with E-state index in [1.165, 1.54) is 0 Å². The highest BCUT2D eigenvalue weighted by Gasteiger charge is 2.08. The fourth-order valence-electron chi connectivity index (χ4n) is 1.85. The molecule has 20 heavy (non-hydrogen) atoms. The number of aliphatic carboxylic acids is 1. The number of carbonyl (C=O) groups is 1. The van der Waals surface area contributed by atoms with Crippen molar-refractivity contribution in [3.05, 3.63) is 39.6 Å². The summed E-state index contributed by atoms with van der Waals surface area (Å²) in [6.45, 7) is 4.79. The molecule has 5 nitrogen and oxygen atoms in total. The third kappa shape index (κ3) is 3.54. The lowest BCUT2D eigenvalue weighted by molar-refractivity contribution is -0.131. The third-order valence-electron chi connectivity index (χ3n) is 2.82. The Hall–Kier alpha value is -1.95. The number of hydrogen-bond acceptors (Lipinski definition) is 4. The van der Waals surface area contributed by atoms with Gasteiger partial charge in [-0.15, -0.1) is 11.3 Å². The molecule has 0 unspecified atom stereocenters. The molecule has 0 aliphatic carbocycles. The predicted molar refractivity (Wildman–Crippen MR) is 78.9 cm³/mol. The quantitative estimate of drug-likeness (QED) is 0.831. The molecule has 2 aromatic heterocycles. The van der Waals surface area contributed by atoms with Crippen molar-refractivity contribution < 1.29 is 9.90 Å². The van der Waals surface area contributed by atoms with E-state index in [4.69, 9.17) is 5.11 Å². The van der Waals surface area contributed by atoms with Gasteiger partial charge in [0.25, 0.3) is 0 Å². The molecule has 0 amide bonds. The van der Waals surface area contributed by atoms with E-state index in [2.05, 4.69) is 17.0 Å². The average Bonchev–Trinajstić information content (AvgIpc) is 3.03. The lowest BCUT2D eigenvalue weighted by Gasteiger charge is -2.01. The van der Waals surface area contributed by atoms with Gasteiger partial charge in [0, 0.05) is 23.8 Å². The zero-order valence-corrected chi connectivity index (χ0v) is 12.4. The molecule has 2 aromatic rings. The van der Waals surface area contributed by atoms with Crippen LogP contribution in [-0.4, -0.2) is 25.8 Å². The summed E-state index contributed by atoms with van der Waals surface area (Å²) < 4.78 is 1.93.